The van der Waals surface area contributed by atoms with Crippen LogP contribution in [0.2, 0.25) is 0 Å². The number of anilines is 4. The molecule has 0 spiro atoms. The molecule has 8 aliphatic carbocycles. The zero-order valence-corrected chi connectivity index (χ0v) is 40.4. The first-order valence-corrected chi connectivity index (χ1v) is 25.8. The molecule has 0 radical (unpaired) electrons. The summed E-state index contributed by atoms with van der Waals surface area (Å²) in [5.41, 5.74) is 6.23. The van der Waals surface area contributed by atoms with Crippen molar-refractivity contribution in [3.05, 3.63) is 179 Å². The minimum Gasteiger partial charge on any atom is -0.298 e. The standard InChI is InChI=1S/C33H31N3O2.C26H26BrN3O/c37-22-26-9-7-8-14-29(26)30-21-35(33-18-23-15-24(19-33)17-25(16-23)20-33)34-31(30)32(38)36(27-10-3-1-4-11-27)28-12-5-2-6-13-28;27-23-17-29(26-14-18-11-19(15-26)13-20(12-18)16-26)28-24(23)25(31)30(21-7-3-1-4-8-21)22-9-5-2-6-10-22/h1-14,21-25H,15-20H2;1-10,17-20H,11-16H2. The molecule has 8 saturated carbocycles. The van der Waals surface area contributed by atoms with Crippen LogP contribution in [0.1, 0.15) is 108 Å². The van der Waals surface area contributed by atoms with Crippen LogP contribution < -0.4 is 9.80 Å². The van der Waals surface area contributed by atoms with Gasteiger partial charge < -0.3 is 0 Å². The van der Waals surface area contributed by atoms with Gasteiger partial charge in [0.25, 0.3) is 11.8 Å². The van der Waals surface area contributed by atoms with E-state index >= 15 is 0 Å². The van der Waals surface area contributed by atoms with Crippen molar-refractivity contribution in [3.63, 3.8) is 0 Å². The number of benzene rings is 5. The predicted molar refractivity (Wildman–Crippen MR) is 274 cm³/mol. The van der Waals surface area contributed by atoms with Crippen molar-refractivity contribution < 1.29 is 14.4 Å². The minimum absolute atomic E-state index is 0.0392. The van der Waals surface area contributed by atoms with Gasteiger partial charge in [0.15, 0.2) is 17.7 Å². The highest BCUT2D eigenvalue weighted by atomic mass is 79.9. The van der Waals surface area contributed by atoms with E-state index in [9.17, 15) is 14.4 Å². The number of hydrogen-bond acceptors (Lipinski definition) is 5. The number of rotatable bonds is 10. The lowest BCUT2D eigenvalue weighted by molar-refractivity contribution is -0.0496. The van der Waals surface area contributed by atoms with Crippen LogP contribution in [0.5, 0.6) is 0 Å². The molecule has 15 rings (SSSR count). The molecule has 8 aliphatic rings. The van der Waals surface area contributed by atoms with Gasteiger partial charge in [-0.25, -0.2) is 0 Å². The van der Waals surface area contributed by atoms with E-state index < -0.39 is 0 Å². The molecule has 69 heavy (non-hydrogen) atoms. The summed E-state index contributed by atoms with van der Waals surface area (Å²) in [5, 5.41) is 10.1. The Labute approximate surface area is 412 Å². The van der Waals surface area contributed by atoms with Crippen molar-refractivity contribution in [1.82, 2.24) is 19.6 Å². The molecule has 10 heteroatoms. The second-order valence-electron chi connectivity index (χ2n) is 21.2. The lowest BCUT2D eigenvalue weighted by Gasteiger charge is -2.56. The van der Waals surface area contributed by atoms with Crippen LogP contribution in [0.25, 0.3) is 11.1 Å². The average molecular weight is 978 g/mol. The fourth-order valence-corrected chi connectivity index (χ4v) is 15.0. The normalized spacial score (nSPS) is 26.8. The van der Waals surface area contributed by atoms with Crippen molar-refractivity contribution in [2.24, 2.45) is 35.5 Å². The summed E-state index contributed by atoms with van der Waals surface area (Å²) >= 11 is 3.68. The Morgan fingerprint density at radius 3 is 1.19 bits per heavy atom. The average Bonchev–Trinajstić information content (AvgIpc) is 4.01. The maximum absolute atomic E-state index is 14.5. The number of hydrogen-bond donors (Lipinski definition) is 0. The number of aromatic nitrogens is 4. The Balaban J connectivity index is 0.000000146. The number of carbonyl (C=O) groups excluding carboxylic acids is 3. The number of para-hydroxylation sites is 4. The van der Waals surface area contributed by atoms with E-state index in [-0.39, 0.29) is 22.9 Å². The molecule has 0 saturated heterocycles. The number of nitrogens with zero attached hydrogens (tertiary/aromatic N) is 6. The van der Waals surface area contributed by atoms with Gasteiger partial charge in [0, 0.05) is 46.3 Å². The van der Waals surface area contributed by atoms with Crippen molar-refractivity contribution in [1.29, 1.82) is 0 Å². The largest absolute Gasteiger partial charge is 0.298 e. The molecule has 0 aliphatic heterocycles. The number of amides is 2. The van der Waals surface area contributed by atoms with Crippen LogP contribution >= 0.6 is 15.9 Å². The molecule has 7 aromatic rings. The number of carbonyl (C=O) groups is 3. The van der Waals surface area contributed by atoms with Gasteiger partial charge in [-0.2, -0.15) is 10.2 Å². The summed E-state index contributed by atoms with van der Waals surface area (Å²) in [4.78, 5) is 43.9. The van der Waals surface area contributed by atoms with Gasteiger partial charge in [0.2, 0.25) is 0 Å². The third-order valence-corrected chi connectivity index (χ3v) is 17.2. The van der Waals surface area contributed by atoms with Gasteiger partial charge in [-0.1, -0.05) is 97.1 Å². The van der Waals surface area contributed by atoms with Gasteiger partial charge in [0.05, 0.1) is 15.6 Å². The molecule has 348 valence electrons. The van der Waals surface area contributed by atoms with Gasteiger partial charge >= 0.3 is 0 Å². The quantitative estimate of drug-likeness (QED) is 0.127. The van der Waals surface area contributed by atoms with Gasteiger partial charge in [-0.15, -0.1) is 0 Å². The SMILES string of the molecule is O=C(c1nn(C23CC4CC(CC(C4)C2)C3)cc1Br)N(c1ccccc1)c1ccccc1.O=Cc1ccccc1-c1cn(C23CC4CC(CC(C4)C2)C3)nc1C(=O)N(c1ccccc1)c1ccccc1. The zero-order valence-electron chi connectivity index (χ0n) is 38.8. The first kappa shape index (κ1) is 43.9. The van der Waals surface area contributed by atoms with Crippen LogP contribution in [-0.4, -0.2) is 37.7 Å². The molecule has 8 fully saturated rings. The molecule has 0 unspecified atom stereocenters. The second kappa shape index (κ2) is 17.8. The smallest absolute Gasteiger partial charge is 0.284 e. The van der Waals surface area contributed by atoms with E-state index in [1.54, 1.807) is 9.80 Å². The predicted octanol–water partition coefficient (Wildman–Crippen LogP) is 13.8. The lowest BCUT2D eigenvalue weighted by atomic mass is 9.53. The monoisotopic (exact) mass is 976 g/mol. The van der Waals surface area contributed by atoms with Crippen LogP contribution in [-0.2, 0) is 11.1 Å². The molecule has 2 heterocycles. The molecular weight excluding hydrogens is 921 g/mol. The fraction of sp³-hybridized carbons (Fsp3) is 0.339. The zero-order chi connectivity index (χ0) is 46.7. The topological polar surface area (TPSA) is 93.3 Å². The molecule has 5 aromatic carbocycles. The highest BCUT2D eigenvalue weighted by molar-refractivity contribution is 9.10. The summed E-state index contributed by atoms with van der Waals surface area (Å²) in [5.74, 6) is 4.45. The van der Waals surface area contributed by atoms with E-state index in [2.05, 4.69) is 37.7 Å². The van der Waals surface area contributed by atoms with Crippen LogP contribution in [0.3, 0.4) is 0 Å². The highest BCUT2D eigenvalue weighted by Gasteiger charge is 2.54. The molecule has 2 amide bonds. The Kier molecular flexibility index (Phi) is 11.3. The molecule has 0 N–H and O–H groups in total. The van der Waals surface area contributed by atoms with Crippen LogP contribution in [0.4, 0.5) is 22.7 Å². The summed E-state index contributed by atoms with van der Waals surface area (Å²) < 4.78 is 5.07. The maximum Gasteiger partial charge on any atom is 0.284 e. The second-order valence-corrected chi connectivity index (χ2v) is 22.1. The molecule has 9 nitrogen and oxygen atoms in total. The first-order valence-electron chi connectivity index (χ1n) is 25.0. The van der Waals surface area contributed by atoms with Gasteiger partial charge in [0.1, 0.15) is 0 Å². The highest BCUT2D eigenvalue weighted by Crippen LogP contribution is 2.60. The third-order valence-electron chi connectivity index (χ3n) is 16.6. The third kappa shape index (κ3) is 8.08. The van der Waals surface area contributed by atoms with Crippen LogP contribution in [0, 0.1) is 35.5 Å². The summed E-state index contributed by atoms with van der Waals surface area (Å²) in [7, 11) is 0. The Hall–Kier alpha value is -6.39. The lowest BCUT2D eigenvalue weighted by Crippen LogP contribution is -2.52. The molecular formula is C59H57BrN6O3. The van der Waals surface area contributed by atoms with E-state index in [0.29, 0.717) is 17.0 Å². The van der Waals surface area contributed by atoms with Crippen molar-refractivity contribution in [2.75, 3.05) is 9.80 Å². The summed E-state index contributed by atoms with van der Waals surface area (Å²) in [6.45, 7) is 0. The van der Waals surface area contributed by atoms with Crippen molar-refractivity contribution in [2.45, 2.75) is 88.1 Å². The number of halogens is 1. The van der Waals surface area contributed by atoms with Crippen LogP contribution in [0.15, 0.2) is 162 Å². The summed E-state index contributed by atoms with van der Waals surface area (Å²) in [6, 6.07) is 46.6. The van der Waals surface area contributed by atoms with E-state index in [0.717, 1.165) is 99.4 Å². The molecule has 2 aromatic heterocycles. The van der Waals surface area contributed by atoms with E-state index in [1.165, 1.54) is 57.8 Å². The molecule has 0 atom stereocenters. The first-order chi connectivity index (χ1) is 33.7. The Bertz CT molecular complexity index is 2850. The summed E-state index contributed by atoms with van der Waals surface area (Å²) in [6.07, 6.45) is 20.2. The fourth-order valence-electron chi connectivity index (χ4n) is 14.5. The van der Waals surface area contributed by atoms with E-state index in [1.807, 2.05) is 146 Å². The van der Waals surface area contributed by atoms with Gasteiger partial charge in [-0.3, -0.25) is 33.5 Å². The Morgan fingerprint density at radius 1 is 0.464 bits per heavy atom. The van der Waals surface area contributed by atoms with E-state index in [4.69, 9.17) is 10.2 Å². The Morgan fingerprint density at radius 2 is 0.797 bits per heavy atom. The number of aldehydes is 1. The minimum atomic E-state index is -0.193. The maximum atomic E-state index is 14.5. The van der Waals surface area contributed by atoms with Gasteiger partial charge in [-0.05, 0) is 183 Å². The molecule has 8 bridgehead atoms. The van der Waals surface area contributed by atoms with Crippen molar-refractivity contribution in [3.8, 4) is 11.1 Å². The van der Waals surface area contributed by atoms with Crippen molar-refractivity contribution >= 4 is 56.8 Å².